The molecule has 0 amide bonds. The van der Waals surface area contributed by atoms with Gasteiger partial charge in [-0.2, -0.15) is 0 Å². The second-order valence-corrected chi connectivity index (χ2v) is 5.84. The summed E-state index contributed by atoms with van der Waals surface area (Å²) in [6.07, 6.45) is 0. The zero-order valence-corrected chi connectivity index (χ0v) is 10.6. The van der Waals surface area contributed by atoms with Crippen LogP contribution in [0.15, 0.2) is 30.3 Å². The maximum atomic E-state index is 13.2. The van der Waals surface area contributed by atoms with Crippen molar-refractivity contribution in [2.75, 3.05) is 13.8 Å². The van der Waals surface area contributed by atoms with Crippen LogP contribution in [-0.4, -0.2) is 18.9 Å². The van der Waals surface area contributed by atoms with Gasteiger partial charge in [0.1, 0.15) is 6.67 Å². The summed E-state index contributed by atoms with van der Waals surface area (Å²) < 4.78 is 30.3. The second kappa shape index (κ2) is 5.46. The van der Waals surface area contributed by atoms with E-state index in [0.717, 1.165) is 7.11 Å². The molecule has 0 aliphatic heterocycles. The summed E-state index contributed by atoms with van der Waals surface area (Å²) in [6, 6.07) is 7.93. The van der Waals surface area contributed by atoms with E-state index in [0.29, 0.717) is 0 Å². The Morgan fingerprint density at radius 2 is 2.06 bits per heavy atom. The van der Waals surface area contributed by atoms with Gasteiger partial charge in [-0.15, -0.1) is 0 Å². The molecule has 0 heterocycles. The Balaban J connectivity index is 3.38. The van der Waals surface area contributed by atoms with Gasteiger partial charge in [-0.05, 0) is 18.1 Å². The van der Waals surface area contributed by atoms with E-state index in [-0.39, 0.29) is 5.56 Å². The highest BCUT2D eigenvalue weighted by Crippen LogP contribution is 2.61. The molecular weight excluding hydrogens is 242 g/mol. The Kier molecular flexibility index (Phi) is 4.47. The molecular formula is C12H14FO3P. The fraction of sp³-hybridized carbons (Fsp3) is 0.333. The normalized spacial score (nSPS) is 17.4. The minimum absolute atomic E-state index is 0.190. The Bertz CT molecular complexity index is 478. The molecule has 3 nitrogen and oxygen atoms in total. The average Bonchev–Trinajstić information content (AvgIpc) is 2.38. The molecule has 0 fully saturated rings. The van der Waals surface area contributed by atoms with Crippen LogP contribution in [0.2, 0.25) is 0 Å². The number of rotatable bonds is 4. The third kappa shape index (κ3) is 2.42. The van der Waals surface area contributed by atoms with Crippen molar-refractivity contribution in [1.29, 1.82) is 0 Å². The van der Waals surface area contributed by atoms with Crippen molar-refractivity contribution in [1.82, 2.24) is 0 Å². The first kappa shape index (κ1) is 13.9. The molecule has 0 saturated heterocycles. The first-order chi connectivity index (χ1) is 8.04. The Morgan fingerprint density at radius 3 is 2.47 bits per heavy atom. The highest BCUT2D eigenvalue weighted by molar-refractivity contribution is 7.65. The monoisotopic (exact) mass is 256 g/mol. The topological polar surface area (TPSA) is 46.5 Å². The molecule has 0 unspecified atom stereocenters. The van der Waals surface area contributed by atoms with Gasteiger partial charge in [0.15, 0.2) is 0 Å². The maximum absolute atomic E-state index is 13.2. The Labute approximate surface area is 100 Å². The molecule has 92 valence electrons. The van der Waals surface area contributed by atoms with Crippen LogP contribution < -0.4 is 0 Å². The number of alkyl halides is 1. The van der Waals surface area contributed by atoms with Gasteiger partial charge in [-0.25, -0.2) is 4.39 Å². The summed E-state index contributed by atoms with van der Waals surface area (Å²) >= 11 is 0. The standard InChI is InChI=1S/C12H14FO3P/c1-3-9-17(15,16-2)12(14,10-13)11-7-5-4-6-8-11/h4-8,14H,10H2,1-2H3/t12-,17-/m0/s1. The van der Waals surface area contributed by atoms with Gasteiger partial charge in [0, 0.05) is 7.11 Å². The van der Waals surface area contributed by atoms with E-state index >= 15 is 0 Å². The van der Waals surface area contributed by atoms with Crippen LogP contribution >= 0.6 is 7.37 Å². The van der Waals surface area contributed by atoms with Crippen molar-refractivity contribution in [3.8, 4) is 11.6 Å². The number of benzene rings is 1. The molecule has 0 aliphatic carbocycles. The molecule has 0 aromatic heterocycles. The van der Waals surface area contributed by atoms with E-state index in [1.807, 2.05) is 0 Å². The van der Waals surface area contributed by atoms with Gasteiger partial charge in [-0.3, -0.25) is 4.57 Å². The molecule has 2 atom stereocenters. The predicted molar refractivity (Wildman–Crippen MR) is 64.4 cm³/mol. The first-order valence-corrected chi connectivity index (χ1v) is 6.60. The van der Waals surface area contributed by atoms with E-state index in [4.69, 9.17) is 4.52 Å². The van der Waals surface area contributed by atoms with Gasteiger partial charge in [0.2, 0.25) is 5.34 Å². The predicted octanol–water partition coefficient (Wildman–Crippen LogP) is 2.71. The fourth-order valence-corrected chi connectivity index (χ4v) is 2.99. The number of hydrogen-bond acceptors (Lipinski definition) is 3. The minimum Gasteiger partial charge on any atom is -0.372 e. The van der Waals surface area contributed by atoms with E-state index in [1.54, 1.807) is 18.2 Å². The van der Waals surface area contributed by atoms with E-state index in [1.165, 1.54) is 19.1 Å². The number of halogens is 1. The molecule has 0 aliphatic rings. The maximum Gasteiger partial charge on any atom is 0.311 e. The van der Waals surface area contributed by atoms with Crippen LogP contribution in [0.5, 0.6) is 0 Å². The molecule has 1 aromatic carbocycles. The van der Waals surface area contributed by atoms with Gasteiger partial charge < -0.3 is 9.63 Å². The average molecular weight is 256 g/mol. The van der Waals surface area contributed by atoms with Gasteiger partial charge in [0.25, 0.3) is 0 Å². The summed E-state index contributed by atoms with van der Waals surface area (Å²) in [4.78, 5) is 0. The van der Waals surface area contributed by atoms with Crippen LogP contribution in [0, 0.1) is 11.6 Å². The lowest BCUT2D eigenvalue weighted by Crippen LogP contribution is -2.28. The largest absolute Gasteiger partial charge is 0.372 e. The summed E-state index contributed by atoms with van der Waals surface area (Å²) in [7, 11) is -2.68. The minimum atomic E-state index is -3.82. The van der Waals surface area contributed by atoms with Crippen molar-refractivity contribution in [3.63, 3.8) is 0 Å². The third-order valence-electron chi connectivity index (χ3n) is 2.43. The third-order valence-corrected chi connectivity index (χ3v) is 4.81. The lowest BCUT2D eigenvalue weighted by atomic mass is 10.1. The summed E-state index contributed by atoms with van der Waals surface area (Å²) in [5.74, 6) is 2.40. The van der Waals surface area contributed by atoms with Crippen molar-refractivity contribution < 1.29 is 18.6 Å². The zero-order chi connectivity index (χ0) is 12.9. The summed E-state index contributed by atoms with van der Waals surface area (Å²) in [5.41, 5.74) is 2.48. The van der Waals surface area contributed by atoms with Crippen molar-refractivity contribution in [3.05, 3.63) is 35.9 Å². The Morgan fingerprint density at radius 1 is 1.47 bits per heavy atom. The molecule has 0 radical (unpaired) electrons. The lowest BCUT2D eigenvalue weighted by molar-refractivity contribution is 0.0777. The lowest BCUT2D eigenvalue weighted by Gasteiger charge is -2.29. The SMILES string of the molecule is CC#C[P@](=O)(OC)[C@@](O)(CF)c1ccccc1. The molecule has 0 bridgehead atoms. The molecule has 1 N–H and O–H groups in total. The van der Waals surface area contributed by atoms with Gasteiger partial charge in [0.05, 0.1) is 0 Å². The van der Waals surface area contributed by atoms with Crippen LogP contribution in [0.3, 0.4) is 0 Å². The summed E-state index contributed by atoms with van der Waals surface area (Å²) in [6.45, 7) is 0.228. The second-order valence-electron chi connectivity index (χ2n) is 3.41. The zero-order valence-electron chi connectivity index (χ0n) is 9.68. The van der Waals surface area contributed by atoms with Crippen LogP contribution in [0.25, 0.3) is 0 Å². The first-order valence-electron chi connectivity index (χ1n) is 4.98. The van der Waals surface area contributed by atoms with Gasteiger partial charge >= 0.3 is 7.37 Å². The highest BCUT2D eigenvalue weighted by Gasteiger charge is 2.48. The highest BCUT2D eigenvalue weighted by atomic mass is 31.2. The molecule has 5 heteroatoms. The molecule has 0 spiro atoms. The molecule has 17 heavy (non-hydrogen) atoms. The molecule has 1 aromatic rings. The number of aliphatic hydroxyl groups is 1. The van der Waals surface area contributed by atoms with Crippen LogP contribution in [0.4, 0.5) is 4.39 Å². The fourth-order valence-electron chi connectivity index (χ4n) is 1.47. The smallest absolute Gasteiger partial charge is 0.311 e. The molecule has 1 rings (SSSR count). The van der Waals surface area contributed by atoms with Crippen LogP contribution in [-0.2, 0) is 14.4 Å². The van der Waals surface area contributed by atoms with Gasteiger partial charge in [-0.1, -0.05) is 36.3 Å². The molecule has 0 saturated carbocycles. The van der Waals surface area contributed by atoms with Crippen molar-refractivity contribution >= 4 is 7.37 Å². The van der Waals surface area contributed by atoms with E-state index in [9.17, 15) is 14.1 Å². The summed E-state index contributed by atoms with van der Waals surface area (Å²) in [5, 5.41) is 8.06. The Hall–Kier alpha value is -1.14. The van der Waals surface area contributed by atoms with Crippen molar-refractivity contribution in [2.24, 2.45) is 0 Å². The van der Waals surface area contributed by atoms with E-state index in [2.05, 4.69) is 11.6 Å². The quantitative estimate of drug-likeness (QED) is 0.665. The van der Waals surface area contributed by atoms with Crippen LogP contribution in [0.1, 0.15) is 12.5 Å². The number of hydrogen-bond donors (Lipinski definition) is 1. The van der Waals surface area contributed by atoms with Crippen molar-refractivity contribution in [2.45, 2.75) is 12.3 Å². The van der Waals surface area contributed by atoms with E-state index < -0.39 is 19.4 Å².